The third kappa shape index (κ3) is 3.62. The van der Waals surface area contributed by atoms with Crippen LogP contribution < -0.4 is 4.74 Å². The van der Waals surface area contributed by atoms with Gasteiger partial charge in [0.25, 0.3) is 0 Å². The van der Waals surface area contributed by atoms with E-state index >= 15 is 0 Å². The number of ether oxygens (including phenoxy) is 1. The zero-order chi connectivity index (χ0) is 18.4. The van der Waals surface area contributed by atoms with Crippen LogP contribution in [0.2, 0.25) is 10.0 Å². The molecule has 3 rings (SSSR count). The van der Waals surface area contributed by atoms with Gasteiger partial charge < -0.3 is 4.74 Å². The normalized spacial score (nSPS) is 12.2. The summed E-state index contributed by atoms with van der Waals surface area (Å²) in [5.41, 5.74) is 2.01. The number of hydrogen-bond acceptors (Lipinski definition) is 4. The monoisotopic (exact) mass is 394 g/mol. The molecule has 0 aliphatic rings. The third-order valence-corrected chi connectivity index (χ3v) is 5.95. The summed E-state index contributed by atoms with van der Waals surface area (Å²) in [6, 6.07) is 5.70. The summed E-state index contributed by atoms with van der Waals surface area (Å²) in [6.45, 7) is 10.5. The molecule has 132 valence electrons. The van der Waals surface area contributed by atoms with Crippen molar-refractivity contribution in [2.24, 2.45) is 0 Å². The minimum absolute atomic E-state index is 0.0257. The van der Waals surface area contributed by atoms with Gasteiger partial charge in [0.05, 0.1) is 21.5 Å². The second kappa shape index (κ2) is 6.75. The van der Waals surface area contributed by atoms with Gasteiger partial charge in [-0.15, -0.1) is 11.3 Å². The lowest BCUT2D eigenvalue weighted by atomic mass is 9.88. The molecule has 0 saturated heterocycles. The Labute approximate surface area is 162 Å². The molecule has 6 heteroatoms. The molecule has 1 aromatic carbocycles. The van der Waals surface area contributed by atoms with E-state index in [9.17, 15) is 0 Å². The Kier molecular flexibility index (Phi) is 4.97. The van der Waals surface area contributed by atoms with Crippen molar-refractivity contribution in [1.82, 2.24) is 9.97 Å². The van der Waals surface area contributed by atoms with Crippen molar-refractivity contribution in [3.8, 4) is 17.0 Å². The van der Waals surface area contributed by atoms with E-state index in [1.54, 1.807) is 17.7 Å². The second-order valence-corrected chi connectivity index (χ2v) is 9.02. The first-order chi connectivity index (χ1) is 11.7. The van der Waals surface area contributed by atoms with Crippen LogP contribution in [0.4, 0.5) is 0 Å². The van der Waals surface area contributed by atoms with Crippen molar-refractivity contribution in [1.29, 1.82) is 0 Å². The zero-order valence-corrected chi connectivity index (χ0v) is 17.2. The molecule has 0 aliphatic carbocycles. The van der Waals surface area contributed by atoms with E-state index in [4.69, 9.17) is 27.9 Å². The highest BCUT2D eigenvalue weighted by Crippen LogP contribution is 2.47. The van der Waals surface area contributed by atoms with E-state index in [1.165, 1.54) is 4.88 Å². The molecule has 0 amide bonds. The lowest BCUT2D eigenvalue weighted by Gasteiger charge is -2.19. The first-order valence-corrected chi connectivity index (χ1v) is 9.65. The number of hydrogen-bond donors (Lipinski definition) is 0. The Morgan fingerprint density at radius 3 is 2.40 bits per heavy atom. The molecule has 0 fully saturated rings. The maximum Gasteiger partial charge on any atom is 0.226 e. The van der Waals surface area contributed by atoms with Gasteiger partial charge in [0.15, 0.2) is 0 Å². The molecule has 0 atom stereocenters. The molecule has 3 nitrogen and oxygen atoms in total. The molecule has 2 heterocycles. The Bertz CT molecular complexity index is 929. The van der Waals surface area contributed by atoms with Crippen LogP contribution in [0, 0.1) is 0 Å². The van der Waals surface area contributed by atoms with Crippen molar-refractivity contribution in [3.05, 3.63) is 39.4 Å². The second-order valence-electron chi connectivity index (χ2n) is 7.21. The van der Waals surface area contributed by atoms with E-state index in [0.29, 0.717) is 15.9 Å². The quantitative estimate of drug-likeness (QED) is 0.492. The maximum atomic E-state index is 6.28. The molecule has 0 aliphatic heterocycles. The van der Waals surface area contributed by atoms with E-state index in [0.717, 1.165) is 21.3 Å². The van der Waals surface area contributed by atoms with E-state index in [-0.39, 0.29) is 11.5 Å². The number of benzene rings is 1. The highest BCUT2D eigenvalue weighted by Gasteiger charge is 2.27. The van der Waals surface area contributed by atoms with Crippen molar-refractivity contribution in [2.75, 3.05) is 0 Å². The minimum Gasteiger partial charge on any atom is -0.474 e. The molecular weight excluding hydrogens is 375 g/mol. The smallest absolute Gasteiger partial charge is 0.226 e. The van der Waals surface area contributed by atoms with Crippen molar-refractivity contribution in [2.45, 2.75) is 46.1 Å². The molecule has 0 bridgehead atoms. The number of halogens is 2. The highest BCUT2D eigenvalue weighted by atomic mass is 35.5. The van der Waals surface area contributed by atoms with Gasteiger partial charge >= 0.3 is 0 Å². The van der Waals surface area contributed by atoms with Gasteiger partial charge in [-0.3, -0.25) is 0 Å². The standard InChI is InChI=1S/C19H20Cl2N2OS/c1-10(2)24-17-15-14(11-6-7-12(20)13(21)8-11)16(19(3,4)5)25-18(15)23-9-22-17/h6-10H,1-5H3. The maximum absolute atomic E-state index is 6.28. The summed E-state index contributed by atoms with van der Waals surface area (Å²) in [5, 5.41) is 2.00. The molecular formula is C19H20Cl2N2OS. The predicted octanol–water partition coefficient (Wildman–Crippen LogP) is 6.75. The molecule has 0 unspecified atom stereocenters. The van der Waals surface area contributed by atoms with Gasteiger partial charge in [0.2, 0.25) is 5.88 Å². The molecule has 2 aromatic heterocycles. The Morgan fingerprint density at radius 2 is 1.80 bits per heavy atom. The van der Waals surface area contributed by atoms with Gasteiger partial charge in [-0.1, -0.05) is 50.0 Å². The van der Waals surface area contributed by atoms with E-state index < -0.39 is 0 Å². The van der Waals surface area contributed by atoms with Crippen molar-refractivity contribution < 1.29 is 4.74 Å². The summed E-state index contributed by atoms with van der Waals surface area (Å²) in [6.07, 6.45) is 1.58. The summed E-state index contributed by atoms with van der Waals surface area (Å²) in [7, 11) is 0. The van der Waals surface area contributed by atoms with Crippen LogP contribution in [0.3, 0.4) is 0 Å². The fourth-order valence-corrected chi connectivity index (χ4v) is 4.19. The van der Waals surface area contributed by atoms with Crippen LogP contribution in [0.25, 0.3) is 21.3 Å². The van der Waals surface area contributed by atoms with Crippen LogP contribution in [0.1, 0.15) is 39.5 Å². The molecule has 0 saturated carbocycles. The summed E-state index contributed by atoms with van der Waals surface area (Å²) in [4.78, 5) is 11.0. The number of nitrogens with zero attached hydrogens (tertiary/aromatic N) is 2. The van der Waals surface area contributed by atoms with E-state index in [1.807, 2.05) is 32.0 Å². The lowest BCUT2D eigenvalue weighted by molar-refractivity contribution is 0.236. The summed E-state index contributed by atoms with van der Waals surface area (Å²) in [5.74, 6) is 0.604. The van der Waals surface area contributed by atoms with E-state index in [2.05, 4.69) is 30.7 Å². The largest absolute Gasteiger partial charge is 0.474 e. The van der Waals surface area contributed by atoms with Gasteiger partial charge in [-0.05, 0) is 37.0 Å². The number of rotatable bonds is 3. The minimum atomic E-state index is -0.0537. The Balaban J connectivity index is 2.38. The number of thiophene rings is 1. The summed E-state index contributed by atoms with van der Waals surface area (Å²) >= 11 is 14.1. The lowest BCUT2D eigenvalue weighted by Crippen LogP contribution is -2.10. The fourth-order valence-electron chi connectivity index (χ4n) is 2.67. The first kappa shape index (κ1) is 18.4. The molecule has 0 N–H and O–H groups in total. The Morgan fingerprint density at radius 1 is 1.08 bits per heavy atom. The van der Waals surface area contributed by atoms with Crippen LogP contribution in [0.15, 0.2) is 24.5 Å². The van der Waals surface area contributed by atoms with Crippen LogP contribution >= 0.6 is 34.5 Å². The third-order valence-electron chi connectivity index (χ3n) is 3.69. The highest BCUT2D eigenvalue weighted by molar-refractivity contribution is 7.19. The van der Waals surface area contributed by atoms with Crippen LogP contribution in [-0.2, 0) is 5.41 Å². The van der Waals surface area contributed by atoms with Gasteiger partial charge in [-0.25, -0.2) is 9.97 Å². The fraction of sp³-hybridized carbons (Fsp3) is 0.368. The Hall–Kier alpha value is -1.36. The summed E-state index contributed by atoms with van der Waals surface area (Å²) < 4.78 is 5.97. The average Bonchev–Trinajstić information content (AvgIpc) is 2.90. The van der Waals surface area contributed by atoms with Gasteiger partial charge in [0, 0.05) is 10.4 Å². The average molecular weight is 395 g/mol. The van der Waals surface area contributed by atoms with Crippen molar-refractivity contribution >= 4 is 44.8 Å². The van der Waals surface area contributed by atoms with Crippen molar-refractivity contribution in [3.63, 3.8) is 0 Å². The number of aromatic nitrogens is 2. The predicted molar refractivity (Wildman–Crippen MR) is 107 cm³/mol. The van der Waals surface area contributed by atoms with Gasteiger partial charge in [0.1, 0.15) is 11.2 Å². The molecule has 25 heavy (non-hydrogen) atoms. The number of fused-ring (bicyclic) bond motifs is 1. The first-order valence-electron chi connectivity index (χ1n) is 8.08. The van der Waals surface area contributed by atoms with Gasteiger partial charge in [-0.2, -0.15) is 0 Å². The molecule has 0 spiro atoms. The SMILES string of the molecule is CC(C)Oc1ncnc2sc(C(C)(C)C)c(-c3ccc(Cl)c(Cl)c3)c12. The topological polar surface area (TPSA) is 35.0 Å². The van der Waals surface area contributed by atoms with Crippen LogP contribution in [-0.4, -0.2) is 16.1 Å². The zero-order valence-electron chi connectivity index (χ0n) is 14.9. The molecule has 3 aromatic rings. The van der Waals surface area contributed by atoms with Crippen LogP contribution in [0.5, 0.6) is 5.88 Å². The molecule has 0 radical (unpaired) electrons.